The van der Waals surface area contributed by atoms with Crippen LogP contribution in [0.3, 0.4) is 0 Å². The fraction of sp³-hybridized carbons (Fsp3) is 0.588. The first-order valence-electron chi connectivity index (χ1n) is 15.8. The highest BCUT2D eigenvalue weighted by atomic mass is 16.7. The molecule has 0 spiro atoms. The summed E-state index contributed by atoms with van der Waals surface area (Å²) in [4.78, 5) is 37.2. The summed E-state index contributed by atoms with van der Waals surface area (Å²) in [7, 11) is 3.74. The number of azide groups is 1. The molecule has 6 rings (SSSR count). The van der Waals surface area contributed by atoms with Crippen molar-refractivity contribution in [1.29, 1.82) is 0 Å². The van der Waals surface area contributed by atoms with Crippen LogP contribution in [-0.4, -0.2) is 72.1 Å². The number of aromatic carboxylic acids is 1. The second-order valence-electron chi connectivity index (χ2n) is 14.0. The number of amides is 1. The topological polar surface area (TPSA) is 151 Å². The van der Waals surface area contributed by atoms with Crippen LogP contribution in [0.5, 0.6) is 0 Å². The zero-order valence-electron chi connectivity index (χ0n) is 27.3. The molecule has 45 heavy (non-hydrogen) atoms. The summed E-state index contributed by atoms with van der Waals surface area (Å²) in [6.45, 7) is 10.7. The van der Waals surface area contributed by atoms with Crippen molar-refractivity contribution in [2.45, 2.75) is 78.3 Å². The first-order chi connectivity index (χ1) is 21.2. The van der Waals surface area contributed by atoms with E-state index in [-0.39, 0.29) is 36.0 Å². The maximum absolute atomic E-state index is 14.1. The lowest BCUT2D eigenvalue weighted by molar-refractivity contribution is -0.175. The summed E-state index contributed by atoms with van der Waals surface area (Å²) in [5, 5.41) is 29.4. The van der Waals surface area contributed by atoms with E-state index in [1.54, 1.807) is 24.1 Å². The van der Waals surface area contributed by atoms with Gasteiger partial charge in [-0.1, -0.05) is 44.1 Å². The number of hydrogen-bond acceptors (Lipinski definition) is 7. The Labute approximate surface area is 265 Å². The number of rotatable bonds is 10. The molecule has 242 valence electrons. The molecule has 11 heteroatoms. The predicted octanol–water partition coefficient (Wildman–Crippen LogP) is 5.40. The Balaban J connectivity index is 1.46. The van der Waals surface area contributed by atoms with Gasteiger partial charge in [-0.15, -0.1) is 0 Å². The zero-order chi connectivity index (χ0) is 32.8. The van der Waals surface area contributed by atoms with Crippen molar-refractivity contribution in [3.05, 3.63) is 63.5 Å². The molecule has 1 amide bonds. The van der Waals surface area contributed by atoms with Crippen LogP contribution in [-0.2, 0) is 16.2 Å². The van der Waals surface area contributed by atoms with Crippen molar-refractivity contribution in [3.8, 4) is 11.1 Å². The number of carbonyl (C=O) groups is 2. The summed E-state index contributed by atoms with van der Waals surface area (Å²) >= 11 is 0. The van der Waals surface area contributed by atoms with Gasteiger partial charge in [-0.25, -0.2) is 4.79 Å². The standard InChI is InChI=1S/C34H46N6O5/c1-18-21(9-8-10-26(18)22-11-23(33(43)44)13-25(12-22)39(6)7)17-40-31(30(20(3)41)29(45-40)16-36-38-35)32(42)37-28-15-24-14-27(19(28)2)34(24,4)5/h8-13,19-20,24,27-31,41H,14-17H2,1-7H3,(H,37,42)(H,43,44)/t19-,20-,24-,27+,28-,29-,30+,31-/m0/s1. The first-order valence-corrected chi connectivity index (χ1v) is 15.8. The zero-order valence-corrected chi connectivity index (χ0v) is 27.3. The summed E-state index contributed by atoms with van der Waals surface area (Å²) in [6.07, 6.45) is 0.560. The minimum absolute atomic E-state index is 0.0150. The maximum atomic E-state index is 14.1. The number of carboxylic acid groups (broad SMARTS) is 1. The fourth-order valence-electron chi connectivity index (χ4n) is 8.08. The molecule has 1 heterocycles. The van der Waals surface area contributed by atoms with E-state index in [0.717, 1.165) is 34.4 Å². The number of benzene rings is 2. The number of aliphatic hydroxyl groups excluding tert-OH is 1. The van der Waals surface area contributed by atoms with E-state index >= 15 is 0 Å². The molecule has 3 N–H and O–H groups in total. The fourth-order valence-corrected chi connectivity index (χ4v) is 8.08. The average Bonchev–Trinajstić information content (AvgIpc) is 3.35. The highest BCUT2D eigenvalue weighted by Crippen LogP contribution is 2.61. The molecule has 0 unspecified atom stereocenters. The van der Waals surface area contributed by atoms with Gasteiger partial charge in [0.15, 0.2) is 0 Å². The Morgan fingerprint density at radius 2 is 1.98 bits per heavy atom. The molecule has 2 aromatic rings. The number of fused-ring (bicyclic) bond motifs is 2. The highest BCUT2D eigenvalue weighted by molar-refractivity contribution is 5.91. The van der Waals surface area contributed by atoms with Crippen LogP contribution in [0.25, 0.3) is 21.6 Å². The van der Waals surface area contributed by atoms with Crippen LogP contribution >= 0.6 is 0 Å². The number of hydrogen-bond donors (Lipinski definition) is 3. The largest absolute Gasteiger partial charge is 0.478 e. The van der Waals surface area contributed by atoms with E-state index in [1.807, 2.05) is 50.2 Å². The third-order valence-corrected chi connectivity index (χ3v) is 11.0. The van der Waals surface area contributed by atoms with E-state index in [0.29, 0.717) is 17.8 Å². The molecule has 4 fully saturated rings. The van der Waals surface area contributed by atoms with E-state index in [2.05, 4.69) is 36.1 Å². The van der Waals surface area contributed by atoms with Crippen LogP contribution in [0.15, 0.2) is 41.5 Å². The molecule has 8 atom stereocenters. The Hall–Kier alpha value is -3.63. The summed E-state index contributed by atoms with van der Waals surface area (Å²) in [5.74, 6) is -0.348. The molecule has 4 aliphatic rings. The summed E-state index contributed by atoms with van der Waals surface area (Å²) in [6, 6.07) is 10.3. The van der Waals surface area contributed by atoms with Gasteiger partial charge in [0.25, 0.3) is 0 Å². The van der Waals surface area contributed by atoms with E-state index in [4.69, 9.17) is 10.4 Å². The van der Waals surface area contributed by atoms with Gasteiger partial charge in [0.05, 0.1) is 30.9 Å². The van der Waals surface area contributed by atoms with E-state index < -0.39 is 30.1 Å². The van der Waals surface area contributed by atoms with Crippen LogP contribution in [0.4, 0.5) is 5.69 Å². The van der Waals surface area contributed by atoms with Gasteiger partial charge in [0, 0.05) is 36.7 Å². The average molecular weight is 619 g/mol. The van der Waals surface area contributed by atoms with Gasteiger partial charge >= 0.3 is 5.97 Å². The smallest absolute Gasteiger partial charge is 0.335 e. The van der Waals surface area contributed by atoms with Gasteiger partial charge in [-0.3, -0.25) is 9.63 Å². The number of carboxylic acids is 1. The number of hydroxylamine groups is 2. The SMILES string of the molecule is Cc1c(CN2O[C@@H](CN=[N+]=[N-])[C@@H]([C@H](C)O)[C@H]2C(=O)N[C@H]2C[C@@H]3C[C@H]([C@@H]2C)C3(C)C)cccc1-c1cc(C(=O)O)cc(N(C)C)c1. The van der Waals surface area contributed by atoms with Gasteiger partial charge < -0.3 is 20.4 Å². The molecular formula is C34H46N6O5. The molecule has 0 aromatic heterocycles. The summed E-state index contributed by atoms with van der Waals surface area (Å²) in [5.41, 5.74) is 13.7. The minimum atomic E-state index is -1.00. The molecule has 3 saturated carbocycles. The lowest BCUT2D eigenvalue weighted by Crippen LogP contribution is -2.62. The number of nitrogens with zero attached hydrogens (tertiary/aromatic N) is 5. The second-order valence-corrected chi connectivity index (χ2v) is 14.0. The van der Waals surface area contributed by atoms with Crippen molar-refractivity contribution in [1.82, 2.24) is 10.4 Å². The van der Waals surface area contributed by atoms with Gasteiger partial charge in [0.2, 0.25) is 5.91 Å². The number of anilines is 1. The molecule has 0 radical (unpaired) electrons. The van der Waals surface area contributed by atoms with E-state index in [9.17, 15) is 19.8 Å². The normalized spacial score (nSPS) is 29.3. The van der Waals surface area contributed by atoms with Crippen molar-refractivity contribution >= 4 is 17.6 Å². The lowest BCUT2D eigenvalue weighted by atomic mass is 9.45. The molecule has 1 saturated heterocycles. The number of nitrogens with one attached hydrogen (secondary N) is 1. The number of aliphatic hydroxyl groups is 1. The van der Waals surface area contributed by atoms with Gasteiger partial charge in [-0.2, -0.15) is 5.06 Å². The van der Waals surface area contributed by atoms with Crippen LogP contribution in [0.2, 0.25) is 0 Å². The van der Waals surface area contributed by atoms with Crippen molar-refractivity contribution < 1.29 is 24.6 Å². The monoisotopic (exact) mass is 618 g/mol. The van der Waals surface area contributed by atoms with Gasteiger partial charge in [-0.05, 0) is 95.8 Å². The predicted molar refractivity (Wildman–Crippen MR) is 172 cm³/mol. The number of carbonyl (C=O) groups excluding carboxylic acids is 1. The first kappa shape index (κ1) is 32.8. The third kappa shape index (κ3) is 6.14. The third-order valence-electron chi connectivity index (χ3n) is 11.0. The van der Waals surface area contributed by atoms with Crippen LogP contribution < -0.4 is 10.2 Å². The lowest BCUT2D eigenvalue weighted by Gasteiger charge is -2.62. The molecule has 11 nitrogen and oxygen atoms in total. The van der Waals surface area contributed by atoms with Crippen molar-refractivity contribution in [2.24, 2.45) is 34.2 Å². The molecule has 2 bridgehead atoms. The van der Waals surface area contributed by atoms with Gasteiger partial charge in [0.1, 0.15) is 6.04 Å². The van der Waals surface area contributed by atoms with Crippen LogP contribution in [0, 0.1) is 36.0 Å². The molecular weight excluding hydrogens is 572 g/mol. The Bertz CT molecular complexity index is 1500. The van der Waals surface area contributed by atoms with E-state index in [1.165, 1.54) is 6.42 Å². The van der Waals surface area contributed by atoms with Crippen LogP contribution in [0.1, 0.15) is 62.0 Å². The Morgan fingerprint density at radius 1 is 1.24 bits per heavy atom. The second kappa shape index (κ2) is 12.6. The minimum Gasteiger partial charge on any atom is -0.478 e. The van der Waals surface area contributed by atoms with Crippen molar-refractivity contribution in [3.63, 3.8) is 0 Å². The highest BCUT2D eigenvalue weighted by Gasteiger charge is 2.57. The molecule has 3 aliphatic carbocycles. The quantitative estimate of drug-likeness (QED) is 0.183. The van der Waals surface area contributed by atoms with Crippen molar-refractivity contribution in [2.75, 3.05) is 25.5 Å². The Morgan fingerprint density at radius 3 is 2.58 bits per heavy atom. The molecule has 2 aromatic carbocycles. The molecule has 1 aliphatic heterocycles. The Kier molecular flexibility index (Phi) is 9.20. The summed E-state index contributed by atoms with van der Waals surface area (Å²) < 4.78 is 0. The maximum Gasteiger partial charge on any atom is 0.335 e.